The fraction of sp³-hybridized carbons (Fsp3) is 0.253. The molecule has 0 amide bonds. The van der Waals surface area contributed by atoms with Gasteiger partial charge in [-0.05, 0) is 163 Å². The van der Waals surface area contributed by atoms with Crippen molar-refractivity contribution in [3.63, 3.8) is 0 Å². The summed E-state index contributed by atoms with van der Waals surface area (Å²) >= 11 is 0. The van der Waals surface area contributed by atoms with Crippen LogP contribution < -0.4 is 0 Å². The zero-order valence-corrected chi connectivity index (χ0v) is 61.9. The Morgan fingerprint density at radius 2 is 0.607 bits per heavy atom. The number of unbranched alkanes of at least 4 members (excludes halogenated alkanes) is 10. The number of carbonyl (C=O) groups is 2. The molecule has 19 rings (SSSR count). The molecule has 0 fully saturated rings. The molecule has 7 aromatic carbocycles. The minimum Gasteiger partial charge on any atom is -0.481 e. The largest absolute Gasteiger partial charge is 0.481 e. The van der Waals surface area contributed by atoms with Gasteiger partial charge in [0.15, 0.2) is 0 Å². The van der Waals surface area contributed by atoms with Crippen LogP contribution in [0.5, 0.6) is 0 Å². The number of aromatic nitrogens is 11. The van der Waals surface area contributed by atoms with Crippen molar-refractivity contribution in [2.45, 2.75) is 149 Å². The first kappa shape index (κ1) is 70.0. The van der Waals surface area contributed by atoms with Gasteiger partial charge in [-0.1, -0.05) is 180 Å². The number of carboxylic acids is 2. The number of carboxylic acid groups (broad SMARTS) is 2. The van der Waals surface area contributed by atoms with Crippen molar-refractivity contribution in [1.29, 1.82) is 0 Å². The van der Waals surface area contributed by atoms with Crippen LogP contribution in [0.15, 0.2) is 188 Å². The number of allylic oxidation sites excluding steroid dienone is 4. The van der Waals surface area contributed by atoms with E-state index in [1.54, 1.807) is 0 Å². The number of nitrogens with one attached hydrogen (secondary N) is 5. The van der Waals surface area contributed by atoms with Gasteiger partial charge < -0.3 is 35.1 Å². The second-order valence-corrected chi connectivity index (χ2v) is 29.3. The Hall–Kier alpha value is -11.3. The van der Waals surface area contributed by atoms with E-state index in [2.05, 4.69) is 228 Å². The molecule has 3 aliphatic heterocycles. The normalized spacial score (nSPS) is 15.0. The summed E-state index contributed by atoms with van der Waals surface area (Å²) in [4.78, 5) is 74.0. The van der Waals surface area contributed by atoms with Gasteiger partial charge >= 0.3 is 0 Å². The molecule has 537 valence electrons. The molecule has 7 N–H and O–H groups in total. The third kappa shape index (κ3) is 13.3. The molecule has 16 heteroatoms. The topological polar surface area (TPSA) is 231 Å². The molecule has 0 saturated heterocycles. The Morgan fingerprint density at radius 3 is 0.935 bits per heavy atom. The average molecular weight is 1460 g/mol. The Balaban J connectivity index is 0.000000929. The SMILES string of the molecule is CC(=O)O.CC(=O)O.CCCCCCCCc1ccc(C2c3ccc([nH]3)-c3ccc4c5nc6c(nc35)c3nc5c(ccc7c5nc3c3nc5c(ccc(c5nc63)-c3ccc([nH]3)C(c3ccc(C)cc3)C3=CC=C4C3)-c3ccc([nH]3)C(c3ccc(CCCCCCCC)cc3)c3ccc-7[nH]3)-c3ccc2[nH]3)cc1.[Co]. The number of aryl methyl sites for hydroxylation is 3. The summed E-state index contributed by atoms with van der Waals surface area (Å²) in [7, 11) is 0. The molecule has 0 spiro atoms. The zero-order chi connectivity index (χ0) is 72.3. The second-order valence-electron chi connectivity index (χ2n) is 29.3. The first-order valence-corrected chi connectivity index (χ1v) is 37.9. The molecule has 107 heavy (non-hydrogen) atoms. The Morgan fingerprint density at radius 1 is 0.336 bits per heavy atom. The van der Waals surface area contributed by atoms with Crippen molar-refractivity contribution in [2.75, 3.05) is 0 Å². The number of rotatable bonds is 17. The van der Waals surface area contributed by atoms with Gasteiger partial charge in [-0.2, -0.15) is 0 Å². The van der Waals surface area contributed by atoms with Crippen LogP contribution in [-0.4, -0.2) is 77.0 Å². The molecule has 3 atom stereocenters. The number of aromatic amines is 5. The van der Waals surface area contributed by atoms with Crippen molar-refractivity contribution in [2.24, 2.45) is 0 Å². The third-order valence-electron chi connectivity index (χ3n) is 22.0. The van der Waals surface area contributed by atoms with E-state index in [4.69, 9.17) is 49.7 Å². The number of hydrogen-bond acceptors (Lipinski definition) is 8. The van der Waals surface area contributed by atoms with E-state index in [0.717, 1.165) is 157 Å². The van der Waals surface area contributed by atoms with Crippen LogP contribution in [0.2, 0.25) is 0 Å². The Labute approximate surface area is 631 Å². The van der Waals surface area contributed by atoms with E-state index in [1.165, 1.54) is 122 Å². The van der Waals surface area contributed by atoms with Gasteiger partial charge in [-0.15, -0.1) is 0 Å². The monoisotopic (exact) mass is 1450 g/mol. The van der Waals surface area contributed by atoms with Gasteiger partial charge in [-0.3, -0.25) is 9.59 Å². The number of aliphatic carboxylic acids is 2. The molecule has 8 aromatic heterocycles. The zero-order valence-electron chi connectivity index (χ0n) is 60.9. The quantitative estimate of drug-likeness (QED) is 0.0259. The van der Waals surface area contributed by atoms with Crippen molar-refractivity contribution in [1.82, 2.24) is 54.8 Å². The van der Waals surface area contributed by atoms with Crippen molar-refractivity contribution in [3.05, 3.63) is 255 Å². The summed E-state index contributed by atoms with van der Waals surface area (Å²) in [6.07, 6.45) is 22.9. The molecule has 1 aliphatic carbocycles. The minimum atomic E-state index is -0.833. The molecule has 24 bridgehead atoms. The number of hydrogen-bond donors (Lipinski definition) is 7. The third-order valence-corrected chi connectivity index (χ3v) is 22.0. The van der Waals surface area contributed by atoms with Crippen molar-refractivity contribution in [3.8, 4) is 56.3 Å². The summed E-state index contributed by atoms with van der Waals surface area (Å²) in [5.41, 5.74) is 34.1. The maximum atomic E-state index is 9.00. The number of nitrogens with zero attached hydrogens (tertiary/aromatic N) is 6. The van der Waals surface area contributed by atoms with E-state index in [9.17, 15) is 0 Å². The van der Waals surface area contributed by atoms with E-state index in [-0.39, 0.29) is 34.5 Å². The molecule has 11 heterocycles. The van der Waals surface area contributed by atoms with Crippen molar-refractivity contribution < 1.29 is 36.6 Å². The van der Waals surface area contributed by atoms with E-state index < -0.39 is 11.9 Å². The van der Waals surface area contributed by atoms with Crippen LogP contribution in [0.3, 0.4) is 0 Å². The summed E-state index contributed by atoms with van der Waals surface area (Å²) < 4.78 is 0. The van der Waals surface area contributed by atoms with Crippen LogP contribution in [0.1, 0.15) is 196 Å². The standard InChI is InChI=1S/C87H77N11.2C2H4O2.Co/c1-4-6-8-10-12-14-16-50-20-26-53(27-21-50)74-69-44-39-64(89-69)58-33-32-57-55-30-31-56(48-55)73(52-24-18-49(3)19-25-52)68-43-38-63(88-68)59-34-35-60-65-40-46-71(90-65)75(54-28-22-51(23-29-54)17-15-13-11-9-7-5-2)72-47-42-67(92-72)62-37-36-61(66-41-45-70(74)91-66)80-81(62)98-87-85(96-80)83-82(93-76(57)77(58)94-83)84-86(87)97-79(60)78(59)95-84;2*1-2(3)4;/h18-47,73-75,88-92H,4-17,48H2,1-3H3;2*1H3,(H,3,4);. The number of benzene rings is 7. The van der Waals surface area contributed by atoms with Gasteiger partial charge in [0.2, 0.25) is 0 Å². The molecular formula is C91H85CoN11O4. The van der Waals surface area contributed by atoms with Gasteiger partial charge in [0, 0.05) is 127 Å². The van der Waals surface area contributed by atoms with Gasteiger partial charge in [0.05, 0.1) is 44.9 Å². The summed E-state index contributed by atoms with van der Waals surface area (Å²) in [5, 5.41) is 14.8. The van der Waals surface area contributed by atoms with Crippen LogP contribution >= 0.6 is 0 Å². The second kappa shape index (κ2) is 29.5. The van der Waals surface area contributed by atoms with E-state index in [1.807, 2.05) is 0 Å². The molecule has 15 aromatic rings. The molecule has 4 aliphatic rings. The summed E-state index contributed by atoms with van der Waals surface area (Å²) in [6.45, 7) is 8.90. The Kier molecular flexibility index (Phi) is 19.3. The minimum absolute atomic E-state index is 0. The average Bonchev–Trinajstić information content (AvgIpc) is 1.49. The van der Waals surface area contributed by atoms with Crippen LogP contribution in [0, 0.1) is 6.92 Å². The van der Waals surface area contributed by atoms with Gasteiger partial charge in [0.25, 0.3) is 11.9 Å². The number of fused-ring (bicyclic) bond motifs is 18. The molecule has 3 unspecified atom stereocenters. The van der Waals surface area contributed by atoms with Crippen LogP contribution in [-0.2, 0) is 39.2 Å². The van der Waals surface area contributed by atoms with E-state index >= 15 is 0 Å². The smallest absolute Gasteiger partial charge is 0.300 e. The Bertz CT molecular complexity index is 5970. The van der Waals surface area contributed by atoms with Gasteiger partial charge in [0.1, 0.15) is 33.1 Å². The molecule has 15 nitrogen and oxygen atoms in total. The first-order chi connectivity index (χ1) is 51.8. The van der Waals surface area contributed by atoms with E-state index in [0.29, 0.717) is 33.1 Å². The first-order valence-electron chi connectivity index (χ1n) is 37.9. The molecule has 1 radical (unpaired) electrons. The number of H-pyrrole nitrogens is 5. The predicted molar refractivity (Wildman–Crippen MR) is 426 cm³/mol. The van der Waals surface area contributed by atoms with Crippen molar-refractivity contribution >= 4 is 83.7 Å². The molecule has 0 saturated carbocycles. The maximum absolute atomic E-state index is 9.00. The van der Waals surface area contributed by atoms with Crippen LogP contribution in [0.25, 0.3) is 128 Å². The summed E-state index contributed by atoms with van der Waals surface area (Å²) in [6, 6.07) is 63.7. The molecular weight excluding hydrogens is 1370 g/mol. The maximum Gasteiger partial charge on any atom is 0.300 e. The summed E-state index contributed by atoms with van der Waals surface area (Å²) in [5.74, 6) is -2.05. The van der Waals surface area contributed by atoms with Gasteiger partial charge in [-0.25, -0.2) is 29.9 Å². The fourth-order valence-corrected chi connectivity index (χ4v) is 16.7. The fourth-order valence-electron chi connectivity index (χ4n) is 16.7. The van der Waals surface area contributed by atoms with Crippen LogP contribution in [0.4, 0.5) is 0 Å². The predicted octanol–water partition coefficient (Wildman–Crippen LogP) is 22.1.